The molecule has 0 bridgehead atoms. The summed E-state index contributed by atoms with van der Waals surface area (Å²) in [7, 11) is 1.79. The summed E-state index contributed by atoms with van der Waals surface area (Å²) in [5.74, 6) is 0.579. The molecule has 1 unspecified atom stereocenters. The lowest BCUT2D eigenvalue weighted by atomic mass is 9.79. The van der Waals surface area contributed by atoms with E-state index < -0.39 is 0 Å². The van der Waals surface area contributed by atoms with Gasteiger partial charge in [0.1, 0.15) is 0 Å². The topological polar surface area (TPSA) is 35.2 Å². The third-order valence-corrected chi connectivity index (χ3v) is 3.77. The van der Waals surface area contributed by atoms with Gasteiger partial charge in [-0.15, -0.1) is 0 Å². The summed E-state index contributed by atoms with van der Waals surface area (Å²) in [6.07, 6.45) is 4.28. The average molecular weight is 201 g/mol. The van der Waals surface area contributed by atoms with E-state index >= 15 is 0 Å². The molecule has 2 N–H and O–H groups in total. The van der Waals surface area contributed by atoms with Crippen molar-refractivity contribution in [2.45, 2.75) is 65.0 Å². The Labute approximate surface area is 89.2 Å². The van der Waals surface area contributed by atoms with Crippen molar-refractivity contribution < 1.29 is 4.74 Å². The Hall–Kier alpha value is -0.0800. The van der Waals surface area contributed by atoms with Crippen LogP contribution in [0.4, 0.5) is 0 Å². The number of ether oxygens (including phenoxy) is 1. The Morgan fingerprint density at radius 2 is 1.50 bits per heavy atom. The van der Waals surface area contributed by atoms with Crippen molar-refractivity contribution in [3.63, 3.8) is 0 Å². The van der Waals surface area contributed by atoms with Crippen molar-refractivity contribution in [3.8, 4) is 0 Å². The second kappa shape index (κ2) is 6.41. The first-order valence-electron chi connectivity index (χ1n) is 5.92. The van der Waals surface area contributed by atoms with Crippen LogP contribution in [0.25, 0.3) is 0 Å². The third-order valence-electron chi connectivity index (χ3n) is 3.77. The van der Waals surface area contributed by atoms with Gasteiger partial charge in [0.25, 0.3) is 0 Å². The van der Waals surface area contributed by atoms with E-state index in [4.69, 9.17) is 10.5 Å². The van der Waals surface area contributed by atoms with Crippen molar-refractivity contribution >= 4 is 0 Å². The maximum Gasteiger partial charge on any atom is 0.0826 e. The molecule has 14 heavy (non-hydrogen) atoms. The number of hydrogen-bond donors (Lipinski definition) is 1. The van der Waals surface area contributed by atoms with Gasteiger partial charge in [0.15, 0.2) is 0 Å². The minimum Gasteiger partial charge on any atom is -0.377 e. The Kier molecular flexibility index (Phi) is 6.38. The monoisotopic (exact) mass is 201 g/mol. The van der Waals surface area contributed by atoms with Crippen LogP contribution in [0.1, 0.15) is 53.4 Å². The highest BCUT2D eigenvalue weighted by Crippen LogP contribution is 2.29. The summed E-state index contributed by atoms with van der Waals surface area (Å²) in [6.45, 7) is 8.74. The fourth-order valence-electron chi connectivity index (χ4n) is 2.37. The quantitative estimate of drug-likeness (QED) is 0.687. The summed E-state index contributed by atoms with van der Waals surface area (Å²) in [5, 5.41) is 0. The van der Waals surface area contributed by atoms with E-state index in [1.54, 1.807) is 7.11 Å². The van der Waals surface area contributed by atoms with Crippen LogP contribution in [0.3, 0.4) is 0 Å². The SMILES string of the molecule is CCC(CC)C(N)C(CC)(CC)OC. The summed E-state index contributed by atoms with van der Waals surface area (Å²) in [5.41, 5.74) is 6.21. The fraction of sp³-hybridized carbons (Fsp3) is 1.00. The first-order valence-corrected chi connectivity index (χ1v) is 5.92. The first kappa shape index (κ1) is 13.9. The summed E-state index contributed by atoms with van der Waals surface area (Å²) in [4.78, 5) is 0. The Bertz CT molecular complexity index is 131. The highest BCUT2D eigenvalue weighted by molar-refractivity contribution is 4.92. The molecular formula is C12H27NO. The maximum absolute atomic E-state index is 6.32. The predicted molar refractivity (Wildman–Crippen MR) is 62.4 cm³/mol. The largest absolute Gasteiger partial charge is 0.377 e. The fourth-order valence-corrected chi connectivity index (χ4v) is 2.37. The number of methoxy groups -OCH3 is 1. The van der Waals surface area contributed by atoms with Crippen LogP contribution in [0.5, 0.6) is 0 Å². The highest BCUT2D eigenvalue weighted by atomic mass is 16.5. The molecule has 86 valence electrons. The Morgan fingerprint density at radius 1 is 1.07 bits per heavy atom. The third kappa shape index (κ3) is 2.71. The van der Waals surface area contributed by atoms with Crippen LogP contribution in [-0.2, 0) is 4.74 Å². The van der Waals surface area contributed by atoms with Crippen molar-refractivity contribution in [1.29, 1.82) is 0 Å². The molecule has 0 aromatic carbocycles. The summed E-state index contributed by atoms with van der Waals surface area (Å²) in [6, 6.07) is 0.164. The minimum atomic E-state index is -0.114. The normalized spacial score (nSPS) is 14.8. The van der Waals surface area contributed by atoms with E-state index in [-0.39, 0.29) is 11.6 Å². The molecule has 0 aromatic heterocycles. The average Bonchev–Trinajstić information content (AvgIpc) is 2.23. The molecule has 0 aliphatic heterocycles. The molecule has 2 heteroatoms. The molecule has 0 aliphatic carbocycles. The number of nitrogens with two attached hydrogens (primary N) is 1. The summed E-state index contributed by atoms with van der Waals surface area (Å²) < 4.78 is 5.66. The van der Waals surface area contributed by atoms with Crippen LogP contribution >= 0.6 is 0 Å². The van der Waals surface area contributed by atoms with Crippen LogP contribution in [-0.4, -0.2) is 18.8 Å². The van der Waals surface area contributed by atoms with Crippen LogP contribution in [0.2, 0.25) is 0 Å². The van der Waals surface area contributed by atoms with Gasteiger partial charge in [-0.2, -0.15) is 0 Å². The van der Waals surface area contributed by atoms with Gasteiger partial charge in [-0.05, 0) is 18.8 Å². The van der Waals surface area contributed by atoms with Gasteiger partial charge in [-0.1, -0.05) is 40.5 Å². The zero-order valence-corrected chi connectivity index (χ0v) is 10.5. The van der Waals surface area contributed by atoms with Gasteiger partial charge in [0.05, 0.1) is 5.60 Å². The van der Waals surface area contributed by atoms with Crippen LogP contribution in [0.15, 0.2) is 0 Å². The Balaban J connectivity index is 4.63. The van der Waals surface area contributed by atoms with E-state index in [1.807, 2.05) is 0 Å². The smallest absolute Gasteiger partial charge is 0.0826 e. The first-order chi connectivity index (χ1) is 6.61. The molecule has 0 rings (SSSR count). The lowest BCUT2D eigenvalue weighted by Gasteiger charge is -2.40. The second-order valence-corrected chi connectivity index (χ2v) is 4.08. The molecule has 1 atom stereocenters. The lowest BCUT2D eigenvalue weighted by molar-refractivity contribution is -0.0527. The maximum atomic E-state index is 6.32. The molecule has 0 amide bonds. The molecule has 0 radical (unpaired) electrons. The lowest BCUT2D eigenvalue weighted by Crippen LogP contribution is -2.52. The van der Waals surface area contributed by atoms with E-state index in [9.17, 15) is 0 Å². The number of rotatable bonds is 7. The Morgan fingerprint density at radius 3 is 1.71 bits per heavy atom. The molecule has 0 fully saturated rings. The zero-order valence-electron chi connectivity index (χ0n) is 10.5. The molecule has 0 saturated heterocycles. The van der Waals surface area contributed by atoms with E-state index in [0.717, 1.165) is 25.7 Å². The van der Waals surface area contributed by atoms with Gasteiger partial charge in [0.2, 0.25) is 0 Å². The molecule has 0 saturated carbocycles. The van der Waals surface area contributed by atoms with Crippen molar-refractivity contribution in [1.82, 2.24) is 0 Å². The van der Waals surface area contributed by atoms with Crippen LogP contribution < -0.4 is 5.73 Å². The standard InChI is InChI=1S/C12H27NO/c1-6-10(7-2)11(13)12(8-3,9-4)14-5/h10-11H,6-9,13H2,1-5H3. The van der Waals surface area contributed by atoms with E-state index in [2.05, 4.69) is 27.7 Å². The van der Waals surface area contributed by atoms with Gasteiger partial charge < -0.3 is 10.5 Å². The van der Waals surface area contributed by atoms with Gasteiger partial charge >= 0.3 is 0 Å². The molecule has 0 aromatic rings. The van der Waals surface area contributed by atoms with Crippen molar-refractivity contribution in [2.75, 3.05) is 7.11 Å². The van der Waals surface area contributed by atoms with Gasteiger partial charge in [-0.3, -0.25) is 0 Å². The minimum absolute atomic E-state index is 0.114. The van der Waals surface area contributed by atoms with Crippen molar-refractivity contribution in [2.24, 2.45) is 11.7 Å². The second-order valence-electron chi connectivity index (χ2n) is 4.08. The van der Waals surface area contributed by atoms with Crippen molar-refractivity contribution in [3.05, 3.63) is 0 Å². The van der Waals surface area contributed by atoms with Gasteiger partial charge in [0, 0.05) is 13.2 Å². The molecule has 0 heterocycles. The molecule has 0 aliphatic rings. The van der Waals surface area contributed by atoms with Crippen LogP contribution in [0, 0.1) is 5.92 Å². The van der Waals surface area contributed by atoms with E-state index in [0.29, 0.717) is 5.92 Å². The zero-order chi connectivity index (χ0) is 11.2. The summed E-state index contributed by atoms with van der Waals surface area (Å²) >= 11 is 0. The predicted octanol–water partition coefficient (Wildman–Crippen LogP) is 2.96. The molecule has 0 spiro atoms. The number of hydrogen-bond acceptors (Lipinski definition) is 2. The van der Waals surface area contributed by atoms with Gasteiger partial charge in [-0.25, -0.2) is 0 Å². The molecule has 2 nitrogen and oxygen atoms in total. The molecular weight excluding hydrogens is 174 g/mol. The van der Waals surface area contributed by atoms with E-state index in [1.165, 1.54) is 0 Å². The highest BCUT2D eigenvalue weighted by Gasteiger charge is 2.36.